The Balaban J connectivity index is 1.30. The summed E-state index contributed by atoms with van der Waals surface area (Å²) in [5, 5.41) is 21.8. The van der Waals surface area contributed by atoms with Gasteiger partial charge < -0.3 is 24.4 Å². The minimum atomic E-state index is -0.735. The van der Waals surface area contributed by atoms with Crippen molar-refractivity contribution in [2.75, 3.05) is 26.7 Å². The van der Waals surface area contributed by atoms with E-state index in [9.17, 15) is 15.0 Å². The number of aromatic nitrogens is 3. The summed E-state index contributed by atoms with van der Waals surface area (Å²) >= 11 is 0. The molecule has 4 rings (SSSR count). The van der Waals surface area contributed by atoms with E-state index in [4.69, 9.17) is 4.74 Å². The molecule has 1 unspecified atom stereocenters. The molecule has 0 radical (unpaired) electrons. The number of imidazole rings is 1. The van der Waals surface area contributed by atoms with Crippen molar-refractivity contribution in [3.8, 4) is 5.75 Å². The van der Waals surface area contributed by atoms with Crippen molar-refractivity contribution < 1.29 is 19.7 Å². The largest absolute Gasteiger partial charge is 0.497 e. The molecule has 3 aromatic rings. The highest BCUT2D eigenvalue weighted by atomic mass is 16.5. The molecule has 1 aliphatic rings. The van der Waals surface area contributed by atoms with Gasteiger partial charge in [-0.25, -0.2) is 4.98 Å². The average molecular weight is 481 g/mol. The number of rotatable bonds is 11. The lowest BCUT2D eigenvalue weighted by molar-refractivity contribution is -0.146. The molecule has 0 spiro atoms. The number of pyridine rings is 1. The number of ether oxygens (including phenoxy) is 1. The van der Waals surface area contributed by atoms with Gasteiger partial charge >= 0.3 is 5.97 Å². The SMILES string of the molecule is COc1ccc2nccc(C(O)CC[C@@H]3CCN(CCCCc4nccn4C)C[C@@H]3C(=O)O)c2c1. The van der Waals surface area contributed by atoms with E-state index in [0.29, 0.717) is 19.4 Å². The summed E-state index contributed by atoms with van der Waals surface area (Å²) in [6.07, 6.45) is 9.87. The van der Waals surface area contributed by atoms with Gasteiger partial charge in [-0.05, 0) is 80.9 Å². The van der Waals surface area contributed by atoms with E-state index in [1.807, 2.05) is 48.3 Å². The first-order valence-corrected chi connectivity index (χ1v) is 12.5. The minimum Gasteiger partial charge on any atom is -0.497 e. The number of fused-ring (bicyclic) bond motifs is 1. The summed E-state index contributed by atoms with van der Waals surface area (Å²) in [6.45, 7) is 2.39. The molecule has 2 N–H and O–H groups in total. The van der Waals surface area contributed by atoms with Crippen LogP contribution in [0, 0.1) is 11.8 Å². The lowest BCUT2D eigenvalue weighted by Gasteiger charge is -2.37. The molecule has 0 aliphatic carbocycles. The summed E-state index contributed by atoms with van der Waals surface area (Å²) in [4.78, 5) is 23.1. The van der Waals surface area contributed by atoms with E-state index in [0.717, 1.165) is 66.8 Å². The van der Waals surface area contributed by atoms with Crippen LogP contribution in [0.4, 0.5) is 0 Å². The molecule has 1 aliphatic heterocycles. The first-order chi connectivity index (χ1) is 17.0. The lowest BCUT2D eigenvalue weighted by Crippen LogP contribution is -2.44. The zero-order valence-electron chi connectivity index (χ0n) is 20.6. The molecule has 0 bridgehead atoms. The number of benzene rings is 1. The van der Waals surface area contributed by atoms with E-state index in [2.05, 4.69) is 14.9 Å². The van der Waals surface area contributed by atoms with Gasteiger partial charge in [0.2, 0.25) is 0 Å². The highest BCUT2D eigenvalue weighted by molar-refractivity contribution is 5.83. The highest BCUT2D eigenvalue weighted by Crippen LogP contribution is 2.33. The van der Waals surface area contributed by atoms with Crippen LogP contribution in [0.3, 0.4) is 0 Å². The fraction of sp³-hybridized carbons (Fsp3) is 0.519. The van der Waals surface area contributed by atoms with E-state index < -0.39 is 18.0 Å². The second-order valence-electron chi connectivity index (χ2n) is 9.58. The zero-order chi connectivity index (χ0) is 24.8. The van der Waals surface area contributed by atoms with Gasteiger partial charge in [-0.3, -0.25) is 9.78 Å². The molecule has 1 fully saturated rings. The Bertz CT molecular complexity index is 1130. The molecule has 35 heavy (non-hydrogen) atoms. The maximum absolute atomic E-state index is 12.1. The predicted octanol–water partition coefficient (Wildman–Crippen LogP) is 3.84. The average Bonchev–Trinajstić information content (AvgIpc) is 3.29. The maximum atomic E-state index is 12.1. The fourth-order valence-electron chi connectivity index (χ4n) is 5.24. The van der Waals surface area contributed by atoms with Gasteiger partial charge in [0.05, 0.1) is 24.6 Å². The Morgan fingerprint density at radius 3 is 2.83 bits per heavy atom. The van der Waals surface area contributed by atoms with Crippen molar-refractivity contribution in [3.63, 3.8) is 0 Å². The number of hydrogen-bond donors (Lipinski definition) is 2. The van der Waals surface area contributed by atoms with E-state index in [1.165, 1.54) is 0 Å². The molecule has 8 nitrogen and oxygen atoms in total. The number of carbonyl (C=O) groups is 1. The highest BCUT2D eigenvalue weighted by Gasteiger charge is 2.34. The third-order valence-corrected chi connectivity index (χ3v) is 7.36. The van der Waals surface area contributed by atoms with Crippen LogP contribution in [0.15, 0.2) is 42.9 Å². The number of unbranched alkanes of at least 4 members (excludes halogenated alkanes) is 1. The first-order valence-electron chi connectivity index (χ1n) is 12.5. The van der Waals surface area contributed by atoms with Gasteiger partial charge in [-0.1, -0.05) is 0 Å². The first kappa shape index (κ1) is 25.1. The van der Waals surface area contributed by atoms with Crippen LogP contribution in [0.1, 0.15) is 49.6 Å². The van der Waals surface area contributed by atoms with E-state index in [1.54, 1.807) is 13.3 Å². The van der Waals surface area contributed by atoms with Gasteiger partial charge in [0.25, 0.3) is 0 Å². The standard InChI is InChI=1S/C27H36N4O4/c1-30-16-13-29-26(30)5-3-4-14-31-15-11-19(23(18-31)27(33)34)6-9-25(32)21-10-12-28-24-8-7-20(35-2)17-22(21)24/h7-8,10,12-13,16-17,19,23,25,32H,3-6,9,11,14-15,18H2,1-2H3,(H,33,34)/t19-,23+,25?/m1/s1. The summed E-state index contributed by atoms with van der Waals surface area (Å²) in [6, 6.07) is 7.48. The van der Waals surface area contributed by atoms with Crippen molar-refractivity contribution >= 4 is 16.9 Å². The van der Waals surface area contributed by atoms with Crippen LogP contribution in [0.5, 0.6) is 5.75 Å². The Morgan fingerprint density at radius 2 is 2.09 bits per heavy atom. The number of methoxy groups -OCH3 is 1. The number of hydrogen-bond acceptors (Lipinski definition) is 6. The molecule has 3 atom stereocenters. The Labute approximate surface area is 206 Å². The Morgan fingerprint density at radius 1 is 1.23 bits per heavy atom. The van der Waals surface area contributed by atoms with Gasteiger partial charge in [0.15, 0.2) is 0 Å². The molecular formula is C27H36N4O4. The van der Waals surface area contributed by atoms with Gasteiger partial charge in [0, 0.05) is 44.0 Å². The number of aliphatic carboxylic acids is 1. The number of carboxylic acid groups (broad SMARTS) is 1. The molecule has 8 heteroatoms. The van der Waals surface area contributed by atoms with Crippen molar-refractivity contribution in [2.45, 2.75) is 44.6 Å². The van der Waals surface area contributed by atoms with Crippen molar-refractivity contribution in [2.24, 2.45) is 18.9 Å². The minimum absolute atomic E-state index is 0.0635. The molecule has 0 saturated carbocycles. The number of piperidine rings is 1. The number of carboxylic acids is 1. The third kappa shape index (κ3) is 6.18. The van der Waals surface area contributed by atoms with Crippen molar-refractivity contribution in [3.05, 3.63) is 54.2 Å². The van der Waals surface area contributed by atoms with Crippen LogP contribution >= 0.6 is 0 Å². The number of aryl methyl sites for hydroxylation is 2. The van der Waals surface area contributed by atoms with Crippen molar-refractivity contribution in [1.29, 1.82) is 0 Å². The predicted molar refractivity (Wildman–Crippen MR) is 134 cm³/mol. The fourth-order valence-corrected chi connectivity index (χ4v) is 5.24. The number of likely N-dealkylation sites (tertiary alicyclic amines) is 1. The lowest BCUT2D eigenvalue weighted by atomic mass is 9.81. The number of nitrogens with zero attached hydrogens (tertiary/aromatic N) is 4. The molecule has 188 valence electrons. The van der Waals surface area contributed by atoms with E-state index in [-0.39, 0.29) is 5.92 Å². The number of aliphatic hydroxyl groups excluding tert-OH is 1. The van der Waals surface area contributed by atoms with Crippen LogP contribution < -0.4 is 4.74 Å². The molecular weight excluding hydrogens is 444 g/mol. The third-order valence-electron chi connectivity index (χ3n) is 7.36. The molecule has 1 aromatic carbocycles. The second kappa shape index (κ2) is 11.6. The molecule has 1 saturated heterocycles. The van der Waals surface area contributed by atoms with Gasteiger partial charge in [0.1, 0.15) is 11.6 Å². The molecule has 2 aromatic heterocycles. The van der Waals surface area contributed by atoms with Crippen molar-refractivity contribution in [1.82, 2.24) is 19.4 Å². The molecule has 0 amide bonds. The number of aliphatic hydroxyl groups is 1. The zero-order valence-corrected chi connectivity index (χ0v) is 20.6. The summed E-state index contributed by atoms with van der Waals surface area (Å²) < 4.78 is 7.39. The quantitative estimate of drug-likeness (QED) is 0.402. The summed E-state index contributed by atoms with van der Waals surface area (Å²) in [5.74, 6) is 0.734. The van der Waals surface area contributed by atoms with Crippen LogP contribution in [-0.2, 0) is 18.3 Å². The van der Waals surface area contributed by atoms with Crippen LogP contribution in [-0.4, -0.2) is 62.4 Å². The van der Waals surface area contributed by atoms with Gasteiger partial charge in [-0.2, -0.15) is 0 Å². The normalized spacial score (nSPS) is 19.6. The summed E-state index contributed by atoms with van der Waals surface area (Å²) in [7, 11) is 3.63. The Kier molecular flexibility index (Phi) is 8.36. The van der Waals surface area contributed by atoms with Gasteiger partial charge in [-0.15, -0.1) is 0 Å². The second-order valence-corrected chi connectivity index (χ2v) is 9.58. The van der Waals surface area contributed by atoms with E-state index >= 15 is 0 Å². The Hall–Kier alpha value is -2.97. The maximum Gasteiger partial charge on any atom is 0.308 e. The smallest absolute Gasteiger partial charge is 0.308 e. The molecule has 3 heterocycles. The van der Waals surface area contributed by atoms with Crippen LogP contribution in [0.25, 0.3) is 10.9 Å². The van der Waals surface area contributed by atoms with Crippen LogP contribution in [0.2, 0.25) is 0 Å². The summed E-state index contributed by atoms with van der Waals surface area (Å²) in [5.41, 5.74) is 1.62. The topological polar surface area (TPSA) is 101 Å². The monoisotopic (exact) mass is 480 g/mol.